The molecule has 0 saturated heterocycles. The highest BCUT2D eigenvalue weighted by Gasteiger charge is 2.01. The van der Waals surface area contributed by atoms with Crippen molar-refractivity contribution < 1.29 is 19.1 Å². The average Bonchev–Trinajstić information content (AvgIpc) is 2.53. The second-order valence-electron chi connectivity index (χ2n) is 5.68. The summed E-state index contributed by atoms with van der Waals surface area (Å²) in [5.74, 6) is 0.559. The summed E-state index contributed by atoms with van der Waals surface area (Å²) in [5, 5.41) is 0. The maximum atomic E-state index is 10.9. The molecule has 0 radical (unpaired) electrons. The molecule has 2 rings (SSSR count). The smallest absolute Gasteiger partial charge is 0.308 e. The standard InChI is InChI=1S/C20H22O4/c1-15(21)23-19-11-7-17(8-12-19)5-3-4-6-18-9-13-20(14-10-18)24-16(2)22/h7-14H,3-6H2,1-2H3. The van der Waals surface area contributed by atoms with Crippen molar-refractivity contribution in [3.63, 3.8) is 0 Å². The summed E-state index contributed by atoms with van der Waals surface area (Å²) in [5.41, 5.74) is 2.47. The summed E-state index contributed by atoms with van der Waals surface area (Å²) >= 11 is 0. The fraction of sp³-hybridized carbons (Fsp3) is 0.300. The van der Waals surface area contributed by atoms with E-state index in [1.54, 1.807) is 0 Å². The lowest BCUT2D eigenvalue weighted by atomic mass is 10.0. The molecule has 0 aliphatic rings. The van der Waals surface area contributed by atoms with Crippen molar-refractivity contribution in [3.05, 3.63) is 59.7 Å². The molecule has 24 heavy (non-hydrogen) atoms. The van der Waals surface area contributed by atoms with Gasteiger partial charge in [0.05, 0.1) is 0 Å². The number of esters is 2. The minimum absolute atomic E-state index is 0.303. The molecule has 0 spiro atoms. The molecule has 0 N–H and O–H groups in total. The Bertz CT molecular complexity index is 610. The number of hydrogen-bond acceptors (Lipinski definition) is 4. The van der Waals surface area contributed by atoms with Gasteiger partial charge in [-0.15, -0.1) is 0 Å². The molecule has 0 atom stereocenters. The number of hydrogen-bond donors (Lipinski definition) is 0. The zero-order chi connectivity index (χ0) is 17.4. The summed E-state index contributed by atoms with van der Waals surface area (Å²) < 4.78 is 10.0. The summed E-state index contributed by atoms with van der Waals surface area (Å²) in [7, 11) is 0. The Hall–Kier alpha value is -2.62. The largest absolute Gasteiger partial charge is 0.427 e. The predicted octanol–water partition coefficient (Wildman–Crippen LogP) is 4.10. The number of unbranched alkanes of at least 4 members (excludes halogenated alkanes) is 1. The Morgan fingerprint density at radius 2 is 1.00 bits per heavy atom. The highest BCUT2D eigenvalue weighted by atomic mass is 16.5. The second kappa shape index (κ2) is 8.87. The normalized spacial score (nSPS) is 10.2. The molecule has 0 heterocycles. The first-order chi connectivity index (χ1) is 11.5. The highest BCUT2D eigenvalue weighted by molar-refractivity contribution is 5.69. The molecule has 2 aromatic rings. The van der Waals surface area contributed by atoms with Crippen LogP contribution in [0.25, 0.3) is 0 Å². The Kier molecular flexibility index (Phi) is 6.55. The minimum atomic E-state index is -0.303. The number of carbonyl (C=O) groups excluding carboxylic acids is 2. The zero-order valence-corrected chi connectivity index (χ0v) is 14.1. The van der Waals surface area contributed by atoms with Crippen molar-refractivity contribution in [2.24, 2.45) is 0 Å². The van der Waals surface area contributed by atoms with Crippen LogP contribution in [0.2, 0.25) is 0 Å². The van der Waals surface area contributed by atoms with E-state index in [1.807, 2.05) is 48.5 Å². The SMILES string of the molecule is CC(=O)Oc1ccc(CCCCc2ccc(OC(C)=O)cc2)cc1. The van der Waals surface area contributed by atoms with Gasteiger partial charge < -0.3 is 9.47 Å². The molecule has 0 aromatic heterocycles. The maximum Gasteiger partial charge on any atom is 0.308 e. The first-order valence-electron chi connectivity index (χ1n) is 8.07. The van der Waals surface area contributed by atoms with Crippen molar-refractivity contribution in [2.45, 2.75) is 39.5 Å². The lowest BCUT2D eigenvalue weighted by Gasteiger charge is -2.06. The predicted molar refractivity (Wildman–Crippen MR) is 92.1 cm³/mol. The molecule has 126 valence electrons. The number of ether oxygens (including phenoxy) is 2. The summed E-state index contributed by atoms with van der Waals surface area (Å²) in [6.45, 7) is 2.79. The van der Waals surface area contributed by atoms with E-state index in [0.717, 1.165) is 25.7 Å². The van der Waals surface area contributed by atoms with Gasteiger partial charge in [-0.05, 0) is 61.1 Å². The molecule has 0 saturated carbocycles. The van der Waals surface area contributed by atoms with Crippen molar-refractivity contribution in [1.29, 1.82) is 0 Å². The van der Waals surface area contributed by atoms with Gasteiger partial charge in [-0.3, -0.25) is 9.59 Å². The van der Waals surface area contributed by atoms with E-state index in [0.29, 0.717) is 11.5 Å². The van der Waals surface area contributed by atoms with Gasteiger partial charge in [0, 0.05) is 13.8 Å². The highest BCUT2D eigenvalue weighted by Crippen LogP contribution is 2.16. The van der Waals surface area contributed by atoms with Crippen molar-refractivity contribution in [2.75, 3.05) is 0 Å². The number of benzene rings is 2. The fourth-order valence-corrected chi connectivity index (χ4v) is 2.44. The van der Waals surface area contributed by atoms with Gasteiger partial charge in [0.25, 0.3) is 0 Å². The van der Waals surface area contributed by atoms with Crippen molar-refractivity contribution in [3.8, 4) is 11.5 Å². The van der Waals surface area contributed by atoms with Gasteiger partial charge in [-0.25, -0.2) is 0 Å². The van der Waals surface area contributed by atoms with Crippen LogP contribution in [0.3, 0.4) is 0 Å². The quantitative estimate of drug-likeness (QED) is 0.437. The van der Waals surface area contributed by atoms with E-state index >= 15 is 0 Å². The number of carbonyl (C=O) groups is 2. The molecule has 2 aromatic carbocycles. The molecule has 4 heteroatoms. The third-order valence-corrected chi connectivity index (χ3v) is 3.55. The van der Waals surface area contributed by atoms with Crippen LogP contribution in [0.5, 0.6) is 11.5 Å². The van der Waals surface area contributed by atoms with E-state index in [2.05, 4.69) is 0 Å². The summed E-state index contributed by atoms with van der Waals surface area (Å²) in [6.07, 6.45) is 4.15. The average molecular weight is 326 g/mol. The van der Waals surface area contributed by atoms with Crippen molar-refractivity contribution >= 4 is 11.9 Å². The molecular weight excluding hydrogens is 304 g/mol. The van der Waals surface area contributed by atoms with Crippen LogP contribution >= 0.6 is 0 Å². The Labute approximate surface area is 142 Å². The van der Waals surface area contributed by atoms with Crippen LogP contribution in [0.4, 0.5) is 0 Å². The van der Waals surface area contributed by atoms with E-state index in [9.17, 15) is 9.59 Å². The molecule has 0 unspecified atom stereocenters. The summed E-state index contributed by atoms with van der Waals surface area (Å²) in [4.78, 5) is 21.7. The maximum absolute atomic E-state index is 10.9. The Morgan fingerprint density at radius 1 is 0.667 bits per heavy atom. The van der Waals surface area contributed by atoms with E-state index < -0.39 is 0 Å². The van der Waals surface area contributed by atoms with Crippen LogP contribution in [0.1, 0.15) is 37.8 Å². The molecule has 0 bridgehead atoms. The number of rotatable bonds is 7. The van der Waals surface area contributed by atoms with Gasteiger partial charge in [-0.1, -0.05) is 24.3 Å². The van der Waals surface area contributed by atoms with Crippen molar-refractivity contribution in [1.82, 2.24) is 0 Å². The van der Waals surface area contributed by atoms with Gasteiger partial charge in [0.2, 0.25) is 0 Å². The summed E-state index contributed by atoms with van der Waals surface area (Å²) in [6, 6.07) is 15.3. The van der Waals surface area contributed by atoms with Gasteiger partial charge in [-0.2, -0.15) is 0 Å². The van der Waals surface area contributed by atoms with Crippen LogP contribution in [-0.2, 0) is 22.4 Å². The minimum Gasteiger partial charge on any atom is -0.427 e. The second-order valence-corrected chi connectivity index (χ2v) is 5.68. The van der Waals surface area contributed by atoms with Gasteiger partial charge in [0.15, 0.2) is 0 Å². The zero-order valence-electron chi connectivity index (χ0n) is 14.1. The topological polar surface area (TPSA) is 52.6 Å². The molecule has 0 fully saturated rings. The molecule has 0 amide bonds. The number of aryl methyl sites for hydroxylation is 2. The van der Waals surface area contributed by atoms with E-state index in [4.69, 9.17) is 9.47 Å². The van der Waals surface area contributed by atoms with Crippen LogP contribution in [0, 0.1) is 0 Å². The molecule has 0 aliphatic carbocycles. The molecule has 0 aliphatic heterocycles. The third-order valence-electron chi connectivity index (χ3n) is 3.55. The third kappa shape index (κ3) is 6.24. The fourth-order valence-electron chi connectivity index (χ4n) is 2.44. The van der Waals surface area contributed by atoms with Crippen LogP contribution in [-0.4, -0.2) is 11.9 Å². The lowest BCUT2D eigenvalue weighted by molar-refractivity contribution is -0.132. The van der Waals surface area contributed by atoms with Gasteiger partial charge in [0.1, 0.15) is 11.5 Å². The van der Waals surface area contributed by atoms with Crippen LogP contribution in [0.15, 0.2) is 48.5 Å². The Morgan fingerprint density at radius 3 is 1.29 bits per heavy atom. The first kappa shape index (κ1) is 17.7. The molecular formula is C20H22O4. The lowest BCUT2D eigenvalue weighted by Crippen LogP contribution is -2.01. The van der Waals surface area contributed by atoms with Gasteiger partial charge >= 0.3 is 11.9 Å². The molecule has 4 nitrogen and oxygen atoms in total. The Balaban J connectivity index is 1.72. The van der Waals surface area contributed by atoms with E-state index in [1.165, 1.54) is 25.0 Å². The monoisotopic (exact) mass is 326 g/mol. The van der Waals surface area contributed by atoms with Crippen LogP contribution < -0.4 is 9.47 Å². The first-order valence-corrected chi connectivity index (χ1v) is 8.07. The van der Waals surface area contributed by atoms with E-state index in [-0.39, 0.29) is 11.9 Å².